The Kier molecular flexibility index (Phi) is 4.76. The Labute approximate surface area is 142 Å². The predicted octanol–water partition coefficient (Wildman–Crippen LogP) is 1.86. The van der Waals surface area contributed by atoms with Crippen LogP contribution in [0.5, 0.6) is 5.75 Å². The molecule has 0 unspecified atom stereocenters. The van der Waals surface area contributed by atoms with Crippen LogP contribution in [0.15, 0.2) is 30.3 Å². The molecule has 1 spiro atoms. The van der Waals surface area contributed by atoms with Gasteiger partial charge in [0.15, 0.2) is 0 Å². The largest absolute Gasteiger partial charge is 0.494 e. The fraction of sp³-hybridized carbons (Fsp3) is 0.556. The zero-order valence-corrected chi connectivity index (χ0v) is 14.3. The second kappa shape index (κ2) is 6.81. The molecule has 0 radical (unpaired) electrons. The van der Waals surface area contributed by atoms with Crippen LogP contribution in [-0.4, -0.2) is 59.6 Å². The highest BCUT2D eigenvalue weighted by Gasteiger charge is 2.54. The molecule has 3 amide bonds. The number of amides is 3. The molecular formula is C18H25N3O3. The van der Waals surface area contributed by atoms with E-state index in [1.807, 2.05) is 44.2 Å². The fourth-order valence-corrected chi connectivity index (χ4v) is 3.46. The Bertz CT molecular complexity index is 605. The van der Waals surface area contributed by atoms with Crippen LogP contribution in [0, 0.1) is 0 Å². The third-order valence-corrected chi connectivity index (χ3v) is 4.69. The van der Waals surface area contributed by atoms with E-state index >= 15 is 0 Å². The molecule has 1 atom stereocenters. The van der Waals surface area contributed by atoms with Gasteiger partial charge in [0.05, 0.1) is 6.61 Å². The zero-order valence-electron chi connectivity index (χ0n) is 14.3. The zero-order chi connectivity index (χ0) is 17.2. The van der Waals surface area contributed by atoms with Crippen molar-refractivity contribution in [1.82, 2.24) is 15.1 Å². The molecule has 2 aliphatic rings. The van der Waals surface area contributed by atoms with E-state index in [1.54, 1.807) is 0 Å². The quantitative estimate of drug-likeness (QED) is 0.638. The van der Waals surface area contributed by atoms with Gasteiger partial charge < -0.3 is 15.0 Å². The van der Waals surface area contributed by atoms with Crippen LogP contribution in [0.1, 0.15) is 26.7 Å². The summed E-state index contributed by atoms with van der Waals surface area (Å²) < 4.78 is 5.70. The van der Waals surface area contributed by atoms with Gasteiger partial charge in [-0.2, -0.15) is 0 Å². The first kappa shape index (κ1) is 16.8. The van der Waals surface area contributed by atoms with Crippen molar-refractivity contribution in [1.29, 1.82) is 0 Å². The molecule has 130 valence electrons. The van der Waals surface area contributed by atoms with Crippen molar-refractivity contribution in [3.8, 4) is 5.75 Å². The maximum Gasteiger partial charge on any atom is 0.325 e. The summed E-state index contributed by atoms with van der Waals surface area (Å²) in [5.41, 5.74) is -0.721. The first-order chi connectivity index (χ1) is 11.5. The highest BCUT2D eigenvalue weighted by molar-refractivity contribution is 6.07. The Hall–Kier alpha value is -2.08. The van der Waals surface area contributed by atoms with Gasteiger partial charge in [-0.25, -0.2) is 4.79 Å². The molecule has 0 saturated carbocycles. The van der Waals surface area contributed by atoms with Crippen LogP contribution < -0.4 is 10.1 Å². The number of hydrogen-bond acceptors (Lipinski definition) is 4. The van der Waals surface area contributed by atoms with E-state index in [0.29, 0.717) is 19.6 Å². The van der Waals surface area contributed by atoms with E-state index in [0.717, 1.165) is 25.3 Å². The summed E-state index contributed by atoms with van der Waals surface area (Å²) in [6.07, 6.45) is 1.57. The van der Waals surface area contributed by atoms with Crippen molar-refractivity contribution < 1.29 is 14.3 Å². The third-order valence-electron chi connectivity index (χ3n) is 4.69. The maximum atomic E-state index is 12.6. The molecule has 2 aliphatic heterocycles. The van der Waals surface area contributed by atoms with Crippen LogP contribution in [-0.2, 0) is 4.79 Å². The number of hydrogen-bond donors (Lipinski definition) is 1. The number of benzene rings is 1. The molecule has 0 aromatic heterocycles. The monoisotopic (exact) mass is 331 g/mol. The first-order valence-corrected chi connectivity index (χ1v) is 8.58. The van der Waals surface area contributed by atoms with Gasteiger partial charge >= 0.3 is 6.03 Å². The van der Waals surface area contributed by atoms with Crippen molar-refractivity contribution in [2.45, 2.75) is 38.3 Å². The molecule has 3 rings (SSSR count). The second-order valence-corrected chi connectivity index (χ2v) is 6.82. The van der Waals surface area contributed by atoms with Gasteiger partial charge in [-0.1, -0.05) is 18.2 Å². The number of nitrogens with zero attached hydrogens (tertiary/aromatic N) is 2. The van der Waals surface area contributed by atoms with Crippen LogP contribution in [0.3, 0.4) is 0 Å². The van der Waals surface area contributed by atoms with E-state index in [4.69, 9.17) is 4.74 Å². The van der Waals surface area contributed by atoms with Crippen molar-refractivity contribution in [2.75, 3.05) is 26.2 Å². The average molecular weight is 331 g/mol. The number of ether oxygens (including phenoxy) is 1. The smallest absolute Gasteiger partial charge is 0.325 e. The molecule has 2 saturated heterocycles. The molecule has 1 aromatic rings. The lowest BCUT2D eigenvalue weighted by Crippen LogP contribution is -2.49. The Morgan fingerprint density at radius 3 is 2.67 bits per heavy atom. The van der Waals surface area contributed by atoms with Crippen molar-refractivity contribution in [2.24, 2.45) is 0 Å². The van der Waals surface area contributed by atoms with Gasteiger partial charge in [-0.05, 0) is 38.8 Å². The molecule has 6 nitrogen and oxygen atoms in total. The minimum absolute atomic E-state index is 0.0782. The minimum Gasteiger partial charge on any atom is -0.494 e. The SMILES string of the molecule is CC(C)N1C(=O)N[C@]2(CCN(CCCOc3ccccc3)C2)C1=O. The summed E-state index contributed by atoms with van der Waals surface area (Å²) >= 11 is 0. The summed E-state index contributed by atoms with van der Waals surface area (Å²) in [5.74, 6) is 0.798. The van der Waals surface area contributed by atoms with Gasteiger partial charge in [0, 0.05) is 25.7 Å². The number of likely N-dealkylation sites (tertiary alicyclic amines) is 1. The summed E-state index contributed by atoms with van der Waals surface area (Å²) in [6, 6.07) is 9.39. The number of imide groups is 1. The minimum atomic E-state index is -0.721. The number of para-hydroxylation sites is 1. The summed E-state index contributed by atoms with van der Waals surface area (Å²) in [7, 11) is 0. The second-order valence-electron chi connectivity index (χ2n) is 6.82. The molecule has 24 heavy (non-hydrogen) atoms. The van der Waals surface area contributed by atoms with E-state index in [9.17, 15) is 9.59 Å². The van der Waals surface area contributed by atoms with Crippen molar-refractivity contribution in [3.63, 3.8) is 0 Å². The number of urea groups is 1. The van der Waals surface area contributed by atoms with Gasteiger partial charge in [0.2, 0.25) is 0 Å². The molecule has 2 heterocycles. The summed E-state index contributed by atoms with van der Waals surface area (Å²) in [6.45, 7) is 6.65. The first-order valence-electron chi connectivity index (χ1n) is 8.58. The van der Waals surface area contributed by atoms with Gasteiger partial charge in [-0.15, -0.1) is 0 Å². The van der Waals surface area contributed by atoms with Crippen LogP contribution in [0.2, 0.25) is 0 Å². The third kappa shape index (κ3) is 3.24. The van der Waals surface area contributed by atoms with E-state index in [1.165, 1.54) is 4.90 Å². The van der Waals surface area contributed by atoms with Gasteiger partial charge in [0.1, 0.15) is 11.3 Å². The lowest BCUT2D eigenvalue weighted by Gasteiger charge is -2.23. The molecule has 0 aliphatic carbocycles. The van der Waals surface area contributed by atoms with Crippen LogP contribution in [0.25, 0.3) is 0 Å². The Morgan fingerprint density at radius 1 is 1.25 bits per heavy atom. The van der Waals surface area contributed by atoms with Gasteiger partial charge in [0.25, 0.3) is 5.91 Å². The predicted molar refractivity (Wildman–Crippen MR) is 90.9 cm³/mol. The van der Waals surface area contributed by atoms with Crippen molar-refractivity contribution in [3.05, 3.63) is 30.3 Å². The van der Waals surface area contributed by atoms with E-state index in [-0.39, 0.29) is 18.0 Å². The molecule has 0 bridgehead atoms. The standard InChI is InChI=1S/C18H25N3O3/c1-14(2)21-16(22)18(19-17(21)23)9-11-20(13-18)10-6-12-24-15-7-4-3-5-8-15/h3-5,7-8,14H,6,9-13H2,1-2H3,(H,19,23)/t18-/m0/s1. The number of carbonyl (C=O) groups is 2. The molecule has 6 heteroatoms. The summed E-state index contributed by atoms with van der Waals surface area (Å²) in [5, 5.41) is 2.92. The number of nitrogens with one attached hydrogen (secondary N) is 1. The van der Waals surface area contributed by atoms with E-state index < -0.39 is 5.54 Å². The molecule has 2 fully saturated rings. The van der Waals surface area contributed by atoms with Crippen molar-refractivity contribution >= 4 is 11.9 Å². The van der Waals surface area contributed by atoms with Gasteiger partial charge in [-0.3, -0.25) is 9.69 Å². The lowest BCUT2D eigenvalue weighted by atomic mass is 9.98. The topological polar surface area (TPSA) is 61.9 Å². The van der Waals surface area contributed by atoms with Crippen LogP contribution in [0.4, 0.5) is 4.79 Å². The molecule has 1 N–H and O–H groups in total. The maximum absolute atomic E-state index is 12.6. The normalized spacial score (nSPS) is 24.2. The number of carbonyl (C=O) groups excluding carboxylic acids is 2. The highest BCUT2D eigenvalue weighted by Crippen LogP contribution is 2.29. The highest BCUT2D eigenvalue weighted by atomic mass is 16.5. The molecular weight excluding hydrogens is 306 g/mol. The summed E-state index contributed by atoms with van der Waals surface area (Å²) in [4.78, 5) is 28.3. The lowest BCUT2D eigenvalue weighted by molar-refractivity contribution is -0.132. The molecule has 1 aromatic carbocycles. The van der Waals surface area contributed by atoms with E-state index in [2.05, 4.69) is 10.2 Å². The Balaban J connectivity index is 1.47. The number of rotatable bonds is 6. The van der Waals surface area contributed by atoms with Crippen LogP contribution >= 0.6 is 0 Å². The average Bonchev–Trinajstić information content (AvgIpc) is 3.06. The Morgan fingerprint density at radius 2 is 2.00 bits per heavy atom. The fourth-order valence-electron chi connectivity index (χ4n) is 3.46.